The third-order valence-corrected chi connectivity index (χ3v) is 3.51. The number of carbonyl (C=O) groups is 1. The van der Waals surface area contributed by atoms with Crippen molar-refractivity contribution in [3.8, 4) is 5.75 Å². The first-order chi connectivity index (χ1) is 11.1. The maximum atomic E-state index is 12.3. The third kappa shape index (κ3) is 3.58. The number of imidazole rings is 1. The van der Waals surface area contributed by atoms with Crippen LogP contribution >= 0.6 is 0 Å². The zero-order valence-corrected chi connectivity index (χ0v) is 12.7. The van der Waals surface area contributed by atoms with Gasteiger partial charge >= 0.3 is 0 Å². The molecule has 5 heteroatoms. The maximum absolute atomic E-state index is 12.3. The van der Waals surface area contributed by atoms with E-state index in [1.165, 1.54) is 0 Å². The molecule has 0 saturated carbocycles. The Morgan fingerprint density at radius 3 is 2.87 bits per heavy atom. The van der Waals surface area contributed by atoms with Gasteiger partial charge in [0.05, 0.1) is 11.9 Å². The molecule has 0 aliphatic heterocycles. The van der Waals surface area contributed by atoms with Crippen molar-refractivity contribution in [2.24, 2.45) is 0 Å². The fourth-order valence-corrected chi connectivity index (χ4v) is 2.37. The Balaban J connectivity index is 1.76. The number of phenolic OH excluding ortho intramolecular Hbond substituents is 1. The van der Waals surface area contributed by atoms with Gasteiger partial charge in [-0.25, -0.2) is 4.98 Å². The minimum Gasteiger partial charge on any atom is -0.507 e. The lowest BCUT2D eigenvalue weighted by Gasteiger charge is -2.09. The second kappa shape index (κ2) is 6.36. The minimum absolute atomic E-state index is 0.0166. The number of anilines is 1. The number of benzene rings is 2. The Morgan fingerprint density at radius 2 is 2.13 bits per heavy atom. The smallest absolute Gasteiger partial charge is 0.259 e. The number of aromatic nitrogens is 2. The first-order valence-corrected chi connectivity index (χ1v) is 7.27. The van der Waals surface area contributed by atoms with Gasteiger partial charge in [-0.15, -0.1) is 0 Å². The van der Waals surface area contributed by atoms with Crippen molar-refractivity contribution in [2.75, 3.05) is 5.32 Å². The number of hydrogen-bond donors (Lipinski definition) is 2. The van der Waals surface area contributed by atoms with Gasteiger partial charge in [-0.1, -0.05) is 18.2 Å². The van der Waals surface area contributed by atoms with E-state index in [2.05, 4.69) is 10.3 Å². The van der Waals surface area contributed by atoms with Crippen LogP contribution in [0.5, 0.6) is 5.75 Å². The lowest BCUT2D eigenvalue weighted by molar-refractivity contribution is 0.102. The van der Waals surface area contributed by atoms with E-state index >= 15 is 0 Å². The van der Waals surface area contributed by atoms with Crippen molar-refractivity contribution in [1.29, 1.82) is 0 Å². The Bertz CT molecular complexity index is 826. The molecule has 0 bridgehead atoms. The largest absolute Gasteiger partial charge is 0.507 e. The molecular formula is C18H17N3O2. The normalized spacial score (nSPS) is 10.5. The van der Waals surface area contributed by atoms with Gasteiger partial charge in [-0.2, -0.15) is 0 Å². The number of nitrogens with one attached hydrogen (secondary N) is 1. The zero-order valence-electron chi connectivity index (χ0n) is 12.7. The summed E-state index contributed by atoms with van der Waals surface area (Å²) < 4.78 is 1.95. The lowest BCUT2D eigenvalue weighted by atomic mass is 10.1. The van der Waals surface area contributed by atoms with Crippen LogP contribution in [0.2, 0.25) is 0 Å². The van der Waals surface area contributed by atoms with Gasteiger partial charge in [0.2, 0.25) is 0 Å². The Kier molecular flexibility index (Phi) is 4.10. The molecule has 0 radical (unpaired) electrons. The number of rotatable bonds is 4. The van der Waals surface area contributed by atoms with Crippen molar-refractivity contribution in [2.45, 2.75) is 13.5 Å². The van der Waals surface area contributed by atoms with Gasteiger partial charge in [0.1, 0.15) is 5.75 Å². The molecule has 3 rings (SSSR count). The fourth-order valence-electron chi connectivity index (χ4n) is 2.37. The summed E-state index contributed by atoms with van der Waals surface area (Å²) in [6, 6.07) is 12.6. The van der Waals surface area contributed by atoms with Gasteiger partial charge in [-0.05, 0) is 42.3 Å². The first kappa shape index (κ1) is 14.8. The van der Waals surface area contributed by atoms with Crippen LogP contribution in [0.4, 0.5) is 5.69 Å². The summed E-state index contributed by atoms with van der Waals surface area (Å²) in [6.45, 7) is 2.54. The molecule has 0 fully saturated rings. The van der Waals surface area contributed by atoms with Crippen LogP contribution < -0.4 is 5.32 Å². The van der Waals surface area contributed by atoms with Gasteiger partial charge in [-0.3, -0.25) is 4.79 Å². The molecule has 0 spiro atoms. The molecule has 0 aliphatic carbocycles. The summed E-state index contributed by atoms with van der Waals surface area (Å²) in [4.78, 5) is 16.3. The highest BCUT2D eigenvalue weighted by Crippen LogP contribution is 2.20. The molecule has 0 unspecified atom stereocenters. The molecule has 3 aromatic rings. The number of hydrogen-bond acceptors (Lipinski definition) is 3. The van der Waals surface area contributed by atoms with Crippen LogP contribution in [0.1, 0.15) is 21.5 Å². The molecule has 1 aromatic heterocycles. The molecule has 1 amide bonds. The van der Waals surface area contributed by atoms with E-state index in [1.807, 2.05) is 42.0 Å². The summed E-state index contributed by atoms with van der Waals surface area (Å²) in [5, 5.41) is 12.7. The first-order valence-electron chi connectivity index (χ1n) is 7.27. The number of nitrogens with zero attached hydrogens (tertiary/aromatic N) is 2. The monoisotopic (exact) mass is 307 g/mol. The fraction of sp³-hybridized carbons (Fsp3) is 0.111. The summed E-state index contributed by atoms with van der Waals surface area (Å²) in [6.07, 6.45) is 5.36. The topological polar surface area (TPSA) is 67.2 Å². The van der Waals surface area contributed by atoms with Gasteiger partial charge in [0.25, 0.3) is 5.91 Å². The summed E-state index contributed by atoms with van der Waals surface area (Å²) >= 11 is 0. The minimum atomic E-state index is -0.331. The predicted octanol–water partition coefficient (Wildman–Crippen LogP) is 3.20. The molecular weight excluding hydrogens is 290 g/mol. The number of aromatic hydroxyl groups is 1. The average molecular weight is 307 g/mol. The Labute approximate surface area is 134 Å². The van der Waals surface area contributed by atoms with E-state index < -0.39 is 0 Å². The van der Waals surface area contributed by atoms with Crippen molar-refractivity contribution in [3.05, 3.63) is 77.9 Å². The van der Waals surface area contributed by atoms with Gasteiger partial charge < -0.3 is 15.0 Å². The molecule has 1 heterocycles. The third-order valence-electron chi connectivity index (χ3n) is 3.51. The van der Waals surface area contributed by atoms with Crippen LogP contribution in [0.15, 0.2) is 61.2 Å². The summed E-state index contributed by atoms with van der Waals surface area (Å²) in [5.74, 6) is -0.348. The van der Waals surface area contributed by atoms with Gasteiger partial charge in [0, 0.05) is 24.6 Å². The molecule has 5 nitrogen and oxygen atoms in total. The molecule has 0 saturated heterocycles. The summed E-state index contributed by atoms with van der Waals surface area (Å²) in [7, 11) is 0. The van der Waals surface area contributed by atoms with E-state index in [4.69, 9.17) is 0 Å². The highest BCUT2D eigenvalue weighted by molar-refractivity contribution is 6.06. The van der Waals surface area contributed by atoms with Crippen LogP contribution in [-0.2, 0) is 6.54 Å². The van der Waals surface area contributed by atoms with Crippen LogP contribution in [0, 0.1) is 6.92 Å². The molecule has 116 valence electrons. The standard InChI is InChI=1S/C18H17N3O2/c1-13-5-6-16(17(22)9-13)18(23)20-15-4-2-3-14(10-15)11-21-8-7-19-12-21/h2-10,12,22H,11H2,1H3,(H,20,23). The predicted molar refractivity (Wildman–Crippen MR) is 88.6 cm³/mol. The molecule has 2 N–H and O–H groups in total. The van der Waals surface area contributed by atoms with Crippen molar-refractivity contribution < 1.29 is 9.90 Å². The SMILES string of the molecule is Cc1ccc(C(=O)Nc2cccc(Cn3ccnc3)c2)c(O)c1. The van der Waals surface area contributed by atoms with E-state index in [-0.39, 0.29) is 17.2 Å². The van der Waals surface area contributed by atoms with Crippen LogP contribution in [0.25, 0.3) is 0 Å². The van der Waals surface area contributed by atoms with Crippen molar-refractivity contribution in [3.63, 3.8) is 0 Å². The highest BCUT2D eigenvalue weighted by Gasteiger charge is 2.11. The number of carbonyl (C=O) groups excluding carboxylic acids is 1. The maximum Gasteiger partial charge on any atom is 0.259 e. The highest BCUT2D eigenvalue weighted by atomic mass is 16.3. The second-order valence-corrected chi connectivity index (χ2v) is 5.41. The van der Waals surface area contributed by atoms with Crippen LogP contribution in [0.3, 0.4) is 0 Å². The lowest BCUT2D eigenvalue weighted by Crippen LogP contribution is -2.12. The van der Waals surface area contributed by atoms with Crippen molar-refractivity contribution in [1.82, 2.24) is 9.55 Å². The Hall–Kier alpha value is -3.08. The quantitative estimate of drug-likeness (QED) is 0.778. The average Bonchev–Trinajstić information content (AvgIpc) is 3.00. The molecule has 0 aliphatic rings. The van der Waals surface area contributed by atoms with Crippen molar-refractivity contribution >= 4 is 11.6 Å². The van der Waals surface area contributed by atoms with Gasteiger partial charge in [0.15, 0.2) is 0 Å². The van der Waals surface area contributed by atoms with E-state index in [1.54, 1.807) is 30.7 Å². The number of amides is 1. The summed E-state index contributed by atoms with van der Waals surface area (Å²) in [5.41, 5.74) is 2.90. The Morgan fingerprint density at radius 1 is 1.26 bits per heavy atom. The van der Waals surface area contributed by atoms with E-state index in [0.29, 0.717) is 12.2 Å². The number of phenols is 1. The van der Waals surface area contributed by atoms with Crippen LogP contribution in [-0.4, -0.2) is 20.6 Å². The molecule has 23 heavy (non-hydrogen) atoms. The molecule has 2 aromatic carbocycles. The second-order valence-electron chi connectivity index (χ2n) is 5.41. The number of aryl methyl sites for hydroxylation is 1. The van der Waals surface area contributed by atoms with E-state index in [0.717, 1.165) is 11.1 Å². The molecule has 0 atom stereocenters. The van der Waals surface area contributed by atoms with E-state index in [9.17, 15) is 9.90 Å². The zero-order chi connectivity index (χ0) is 16.2.